The number of benzene rings is 1. The van der Waals surface area contributed by atoms with E-state index in [-0.39, 0.29) is 18.1 Å². The third kappa shape index (κ3) is 5.06. The molecule has 1 heterocycles. The standard InChI is InChI=1S/C25H38O3/c1-4-5-6-7-8-9-10-19-12-14-20(15-13-19)22-17-25(3,27)21-16-11-18(2)23(26)24(21)28-22/h11-15,21-24,26-27H,4-10,16-17H2,1-3H3. The summed E-state index contributed by atoms with van der Waals surface area (Å²) in [5, 5.41) is 21.6. The molecule has 0 aromatic heterocycles. The molecule has 3 nitrogen and oxygen atoms in total. The predicted octanol–water partition coefficient (Wildman–Crippen LogP) is 5.50. The van der Waals surface area contributed by atoms with Gasteiger partial charge >= 0.3 is 0 Å². The van der Waals surface area contributed by atoms with E-state index in [9.17, 15) is 10.2 Å². The molecule has 0 bridgehead atoms. The molecule has 156 valence electrons. The first-order valence-corrected chi connectivity index (χ1v) is 11.2. The highest BCUT2D eigenvalue weighted by Crippen LogP contribution is 2.46. The van der Waals surface area contributed by atoms with Gasteiger partial charge in [0.2, 0.25) is 0 Å². The number of rotatable bonds is 8. The molecule has 1 aromatic rings. The highest BCUT2D eigenvalue weighted by molar-refractivity contribution is 5.26. The molecule has 28 heavy (non-hydrogen) atoms. The molecule has 1 aromatic carbocycles. The van der Waals surface area contributed by atoms with Gasteiger partial charge in [-0.3, -0.25) is 0 Å². The van der Waals surface area contributed by atoms with Crippen LogP contribution in [0.2, 0.25) is 0 Å². The third-order valence-electron chi connectivity index (χ3n) is 6.76. The van der Waals surface area contributed by atoms with Crippen LogP contribution in [0.5, 0.6) is 0 Å². The second-order valence-electron chi connectivity index (χ2n) is 9.15. The summed E-state index contributed by atoms with van der Waals surface area (Å²) in [7, 11) is 0. The van der Waals surface area contributed by atoms with Crippen LogP contribution in [0.4, 0.5) is 0 Å². The molecule has 1 aliphatic carbocycles. The molecular formula is C25H38O3. The number of hydrogen-bond donors (Lipinski definition) is 2. The lowest BCUT2D eigenvalue weighted by molar-refractivity contribution is -0.206. The number of hydrogen-bond acceptors (Lipinski definition) is 3. The van der Waals surface area contributed by atoms with Gasteiger partial charge in [-0.05, 0) is 49.8 Å². The first-order valence-electron chi connectivity index (χ1n) is 11.2. The zero-order valence-electron chi connectivity index (χ0n) is 17.9. The number of fused-ring (bicyclic) bond motifs is 1. The maximum absolute atomic E-state index is 11.0. The number of ether oxygens (including phenoxy) is 1. The Hall–Kier alpha value is -1.16. The summed E-state index contributed by atoms with van der Waals surface area (Å²) in [4.78, 5) is 0. The van der Waals surface area contributed by atoms with Crippen LogP contribution in [0.15, 0.2) is 35.9 Å². The van der Waals surface area contributed by atoms with E-state index in [1.165, 1.54) is 44.1 Å². The fourth-order valence-corrected chi connectivity index (χ4v) is 4.79. The Morgan fingerprint density at radius 2 is 1.75 bits per heavy atom. The van der Waals surface area contributed by atoms with Crippen LogP contribution in [0.25, 0.3) is 0 Å². The Balaban J connectivity index is 1.58. The minimum atomic E-state index is -0.830. The second-order valence-corrected chi connectivity index (χ2v) is 9.15. The van der Waals surface area contributed by atoms with Crippen molar-refractivity contribution in [3.8, 4) is 0 Å². The fraction of sp³-hybridized carbons (Fsp3) is 0.680. The summed E-state index contributed by atoms with van der Waals surface area (Å²) in [6.07, 6.45) is 11.3. The van der Waals surface area contributed by atoms with E-state index < -0.39 is 11.7 Å². The van der Waals surface area contributed by atoms with Crippen molar-refractivity contribution < 1.29 is 14.9 Å². The molecule has 0 saturated carbocycles. The van der Waals surface area contributed by atoms with Gasteiger partial charge in [0.15, 0.2) is 0 Å². The molecule has 3 heteroatoms. The van der Waals surface area contributed by atoms with Gasteiger partial charge in [0, 0.05) is 12.3 Å². The van der Waals surface area contributed by atoms with Gasteiger partial charge in [-0.25, -0.2) is 0 Å². The lowest BCUT2D eigenvalue weighted by Gasteiger charge is -2.49. The maximum atomic E-state index is 11.0. The Kier molecular flexibility index (Phi) is 7.36. The van der Waals surface area contributed by atoms with Gasteiger partial charge in [0.25, 0.3) is 0 Å². The van der Waals surface area contributed by atoms with Crippen molar-refractivity contribution in [2.45, 2.75) is 102 Å². The van der Waals surface area contributed by atoms with E-state index in [0.717, 1.165) is 24.0 Å². The smallest absolute Gasteiger partial charge is 0.101 e. The van der Waals surface area contributed by atoms with E-state index in [2.05, 4.69) is 31.2 Å². The maximum Gasteiger partial charge on any atom is 0.101 e. The van der Waals surface area contributed by atoms with Gasteiger partial charge in [-0.1, -0.05) is 69.4 Å². The van der Waals surface area contributed by atoms with E-state index in [4.69, 9.17) is 4.74 Å². The summed E-state index contributed by atoms with van der Waals surface area (Å²) in [6.45, 7) is 6.10. The van der Waals surface area contributed by atoms with Crippen LogP contribution in [0.3, 0.4) is 0 Å². The molecule has 1 fully saturated rings. The number of aliphatic hydroxyl groups excluding tert-OH is 1. The minimum absolute atomic E-state index is 0.0468. The summed E-state index contributed by atoms with van der Waals surface area (Å²) < 4.78 is 6.32. The molecule has 1 saturated heterocycles. The molecule has 5 atom stereocenters. The number of aryl methyl sites for hydroxylation is 1. The zero-order chi connectivity index (χ0) is 20.1. The van der Waals surface area contributed by atoms with Crippen LogP contribution in [-0.2, 0) is 11.2 Å². The quantitative estimate of drug-likeness (QED) is 0.458. The van der Waals surface area contributed by atoms with E-state index in [0.29, 0.717) is 6.42 Å². The molecule has 0 radical (unpaired) electrons. The number of allylic oxidation sites excluding steroid dienone is 1. The highest BCUT2D eigenvalue weighted by atomic mass is 16.5. The minimum Gasteiger partial charge on any atom is -0.390 e. The van der Waals surface area contributed by atoms with Crippen LogP contribution in [0.1, 0.15) is 89.4 Å². The number of unbranched alkanes of at least 4 members (excludes halogenated alkanes) is 5. The summed E-state index contributed by atoms with van der Waals surface area (Å²) >= 11 is 0. The van der Waals surface area contributed by atoms with Crippen molar-refractivity contribution in [1.29, 1.82) is 0 Å². The predicted molar refractivity (Wildman–Crippen MR) is 114 cm³/mol. The average molecular weight is 387 g/mol. The van der Waals surface area contributed by atoms with E-state index in [1.807, 2.05) is 19.9 Å². The van der Waals surface area contributed by atoms with Gasteiger partial charge in [0.1, 0.15) is 6.10 Å². The Bertz CT molecular complexity index is 646. The van der Waals surface area contributed by atoms with Gasteiger partial charge in [0.05, 0.1) is 17.8 Å². The van der Waals surface area contributed by atoms with E-state index in [1.54, 1.807) is 0 Å². The zero-order valence-corrected chi connectivity index (χ0v) is 17.9. The fourth-order valence-electron chi connectivity index (χ4n) is 4.79. The molecule has 1 aliphatic heterocycles. The van der Waals surface area contributed by atoms with Crippen LogP contribution in [0, 0.1) is 5.92 Å². The topological polar surface area (TPSA) is 49.7 Å². The highest BCUT2D eigenvalue weighted by Gasteiger charge is 2.49. The summed E-state index contributed by atoms with van der Waals surface area (Å²) in [5.41, 5.74) is 2.59. The molecular weight excluding hydrogens is 348 g/mol. The second kappa shape index (κ2) is 9.56. The Morgan fingerprint density at radius 1 is 1.07 bits per heavy atom. The van der Waals surface area contributed by atoms with Crippen LogP contribution in [-0.4, -0.2) is 28.0 Å². The molecule has 3 rings (SSSR count). The van der Waals surface area contributed by atoms with Gasteiger partial charge in [-0.2, -0.15) is 0 Å². The lowest BCUT2D eigenvalue weighted by atomic mass is 9.70. The molecule has 2 aliphatic rings. The van der Waals surface area contributed by atoms with Crippen molar-refractivity contribution in [1.82, 2.24) is 0 Å². The largest absolute Gasteiger partial charge is 0.390 e. The first kappa shape index (κ1) is 21.5. The monoisotopic (exact) mass is 386 g/mol. The van der Waals surface area contributed by atoms with Crippen molar-refractivity contribution in [3.63, 3.8) is 0 Å². The van der Waals surface area contributed by atoms with Crippen molar-refractivity contribution >= 4 is 0 Å². The lowest BCUT2D eigenvalue weighted by Crippen LogP contribution is -2.55. The van der Waals surface area contributed by atoms with Gasteiger partial charge < -0.3 is 14.9 Å². The average Bonchev–Trinajstić information content (AvgIpc) is 2.67. The van der Waals surface area contributed by atoms with Crippen molar-refractivity contribution in [3.05, 3.63) is 47.0 Å². The third-order valence-corrected chi connectivity index (χ3v) is 6.76. The molecule has 2 N–H and O–H groups in total. The van der Waals surface area contributed by atoms with Crippen LogP contribution >= 0.6 is 0 Å². The van der Waals surface area contributed by atoms with Crippen LogP contribution < -0.4 is 0 Å². The summed E-state index contributed by atoms with van der Waals surface area (Å²) in [6, 6.07) is 8.69. The Morgan fingerprint density at radius 3 is 2.46 bits per heavy atom. The molecule has 0 amide bonds. The number of aliphatic hydroxyl groups is 2. The SMILES string of the molecule is CCCCCCCCc1ccc(C2CC(C)(O)C3CC=C(C)C(O)C3O2)cc1. The summed E-state index contributed by atoms with van der Waals surface area (Å²) in [5.74, 6) is -0.0468. The Labute approximate surface area is 170 Å². The van der Waals surface area contributed by atoms with Crippen molar-refractivity contribution in [2.75, 3.05) is 0 Å². The molecule has 5 unspecified atom stereocenters. The molecule has 0 spiro atoms. The normalized spacial score (nSPS) is 32.7. The van der Waals surface area contributed by atoms with Crippen molar-refractivity contribution in [2.24, 2.45) is 5.92 Å². The van der Waals surface area contributed by atoms with Gasteiger partial charge in [-0.15, -0.1) is 0 Å². The first-order chi connectivity index (χ1) is 13.4. The van der Waals surface area contributed by atoms with E-state index >= 15 is 0 Å².